The van der Waals surface area contributed by atoms with Crippen molar-refractivity contribution in [2.45, 2.75) is 4.90 Å². The number of amides is 2. The van der Waals surface area contributed by atoms with Crippen LogP contribution < -0.4 is 14.9 Å². The van der Waals surface area contributed by atoms with Crippen molar-refractivity contribution in [2.24, 2.45) is 0 Å². The average Bonchev–Trinajstić information content (AvgIpc) is 3.17. The maximum atomic E-state index is 12.2. The van der Waals surface area contributed by atoms with Gasteiger partial charge in [-0.25, -0.2) is 17.9 Å². The summed E-state index contributed by atoms with van der Waals surface area (Å²) in [6.45, 7) is 0.657. The molecular formula is C18H18N4O7S. The molecule has 0 aliphatic carbocycles. The van der Waals surface area contributed by atoms with Gasteiger partial charge in [-0.05, 0) is 30.3 Å². The van der Waals surface area contributed by atoms with Gasteiger partial charge in [-0.2, -0.15) is 0 Å². The minimum absolute atomic E-state index is 0.00714. The van der Waals surface area contributed by atoms with Crippen LogP contribution in [0.15, 0.2) is 53.4 Å². The molecule has 0 unspecified atom stereocenters. The lowest BCUT2D eigenvalue weighted by atomic mass is 10.2. The molecule has 158 valence electrons. The average molecular weight is 434 g/mol. The summed E-state index contributed by atoms with van der Waals surface area (Å²) in [7, 11) is -3.95. The van der Waals surface area contributed by atoms with E-state index in [9.17, 15) is 28.1 Å². The summed E-state index contributed by atoms with van der Waals surface area (Å²) < 4.78 is 31.6. The molecule has 1 heterocycles. The SMILES string of the molecule is O=C(NCCNS(=O)(=O)c1cccc([N+](=O)[O-])c1)c1ccc(N2CCOC2=O)cc1. The van der Waals surface area contributed by atoms with Gasteiger partial charge in [0.15, 0.2) is 0 Å². The van der Waals surface area contributed by atoms with Crippen molar-refractivity contribution in [2.75, 3.05) is 31.1 Å². The van der Waals surface area contributed by atoms with E-state index in [4.69, 9.17) is 4.74 Å². The monoisotopic (exact) mass is 434 g/mol. The fourth-order valence-corrected chi connectivity index (χ4v) is 3.80. The number of cyclic esters (lactones) is 1. The first kappa shape index (κ1) is 21.2. The fraction of sp³-hybridized carbons (Fsp3) is 0.222. The van der Waals surface area contributed by atoms with Crippen LogP contribution in [0, 0.1) is 10.1 Å². The van der Waals surface area contributed by atoms with Gasteiger partial charge in [-0.3, -0.25) is 19.8 Å². The van der Waals surface area contributed by atoms with Crippen molar-refractivity contribution in [1.29, 1.82) is 0 Å². The molecule has 1 saturated heterocycles. The van der Waals surface area contributed by atoms with Gasteiger partial charge in [-0.1, -0.05) is 6.07 Å². The number of carbonyl (C=O) groups excluding carboxylic acids is 2. The van der Waals surface area contributed by atoms with E-state index >= 15 is 0 Å². The van der Waals surface area contributed by atoms with Crippen LogP contribution in [0.2, 0.25) is 0 Å². The number of ether oxygens (including phenoxy) is 1. The zero-order chi connectivity index (χ0) is 21.7. The number of hydrogen-bond acceptors (Lipinski definition) is 7. The highest BCUT2D eigenvalue weighted by Crippen LogP contribution is 2.19. The van der Waals surface area contributed by atoms with Crippen molar-refractivity contribution >= 4 is 33.4 Å². The first-order valence-corrected chi connectivity index (χ1v) is 10.3. The Morgan fingerprint density at radius 3 is 2.53 bits per heavy atom. The third kappa shape index (κ3) is 4.90. The van der Waals surface area contributed by atoms with Gasteiger partial charge in [-0.15, -0.1) is 0 Å². The molecule has 1 fully saturated rings. The second-order valence-corrected chi connectivity index (χ2v) is 7.99. The summed E-state index contributed by atoms with van der Waals surface area (Å²) in [6.07, 6.45) is -0.441. The van der Waals surface area contributed by atoms with Crippen molar-refractivity contribution in [3.8, 4) is 0 Å². The maximum Gasteiger partial charge on any atom is 0.414 e. The van der Waals surface area contributed by atoms with Gasteiger partial charge in [0.1, 0.15) is 6.61 Å². The highest BCUT2D eigenvalue weighted by molar-refractivity contribution is 7.89. The molecule has 2 aromatic carbocycles. The van der Waals surface area contributed by atoms with Crippen LogP contribution in [-0.2, 0) is 14.8 Å². The lowest BCUT2D eigenvalue weighted by Crippen LogP contribution is -2.34. The Hall–Kier alpha value is -3.51. The minimum Gasteiger partial charge on any atom is -0.447 e. The topological polar surface area (TPSA) is 148 Å². The van der Waals surface area contributed by atoms with Crippen molar-refractivity contribution in [1.82, 2.24) is 10.0 Å². The van der Waals surface area contributed by atoms with E-state index < -0.39 is 26.9 Å². The molecule has 12 heteroatoms. The second kappa shape index (κ2) is 8.88. The van der Waals surface area contributed by atoms with E-state index in [1.165, 1.54) is 23.1 Å². The molecule has 1 aliphatic rings. The van der Waals surface area contributed by atoms with E-state index in [0.717, 1.165) is 6.07 Å². The summed E-state index contributed by atoms with van der Waals surface area (Å²) in [5.74, 6) is -0.417. The molecule has 1 aliphatic heterocycles. The van der Waals surface area contributed by atoms with E-state index in [-0.39, 0.29) is 23.7 Å². The van der Waals surface area contributed by atoms with Crippen LogP contribution in [-0.4, -0.2) is 51.6 Å². The third-order valence-electron chi connectivity index (χ3n) is 4.24. The molecule has 0 atom stereocenters. The lowest BCUT2D eigenvalue weighted by molar-refractivity contribution is -0.385. The Bertz CT molecular complexity index is 1070. The Balaban J connectivity index is 1.51. The summed E-state index contributed by atoms with van der Waals surface area (Å²) in [6, 6.07) is 11.0. The van der Waals surface area contributed by atoms with Crippen LogP contribution in [0.1, 0.15) is 10.4 Å². The Morgan fingerprint density at radius 2 is 1.90 bits per heavy atom. The lowest BCUT2D eigenvalue weighted by Gasteiger charge is -2.13. The number of nitrogens with zero attached hydrogens (tertiary/aromatic N) is 2. The number of sulfonamides is 1. The highest BCUT2D eigenvalue weighted by atomic mass is 32.2. The fourth-order valence-electron chi connectivity index (χ4n) is 2.73. The highest BCUT2D eigenvalue weighted by Gasteiger charge is 2.23. The normalized spacial score (nSPS) is 13.7. The zero-order valence-electron chi connectivity index (χ0n) is 15.6. The summed E-state index contributed by atoms with van der Waals surface area (Å²) in [5, 5.41) is 13.4. The smallest absolute Gasteiger partial charge is 0.414 e. The summed E-state index contributed by atoms with van der Waals surface area (Å²) >= 11 is 0. The van der Waals surface area contributed by atoms with Crippen LogP contribution in [0.5, 0.6) is 0 Å². The number of rotatable bonds is 8. The molecule has 0 aromatic heterocycles. The van der Waals surface area contributed by atoms with Gasteiger partial charge in [0.25, 0.3) is 11.6 Å². The van der Waals surface area contributed by atoms with Crippen LogP contribution in [0.25, 0.3) is 0 Å². The predicted molar refractivity (Wildman–Crippen MR) is 106 cm³/mol. The standard InChI is InChI=1S/C18H18N4O7S/c23-17(13-4-6-14(7-5-13)21-10-11-29-18(21)24)19-8-9-20-30(27,28)16-3-1-2-15(12-16)22(25)26/h1-7,12,20H,8-11H2,(H,19,23). The number of anilines is 1. The van der Waals surface area contributed by atoms with Gasteiger partial charge in [0, 0.05) is 36.5 Å². The van der Waals surface area contributed by atoms with Gasteiger partial charge in [0.05, 0.1) is 16.4 Å². The summed E-state index contributed by atoms with van der Waals surface area (Å²) in [5.41, 5.74) is 0.614. The number of nitro groups is 1. The van der Waals surface area contributed by atoms with Crippen LogP contribution in [0.4, 0.5) is 16.2 Å². The molecule has 3 rings (SSSR count). The number of nitro benzene ring substituents is 1. The first-order valence-electron chi connectivity index (χ1n) is 8.84. The van der Waals surface area contributed by atoms with Gasteiger partial charge in [0.2, 0.25) is 10.0 Å². The minimum atomic E-state index is -3.95. The molecule has 0 bridgehead atoms. The predicted octanol–water partition coefficient (Wildman–Crippen LogP) is 1.26. The van der Waals surface area contributed by atoms with Crippen LogP contribution >= 0.6 is 0 Å². The molecule has 2 aromatic rings. The van der Waals surface area contributed by atoms with Gasteiger partial charge < -0.3 is 10.1 Å². The van der Waals surface area contributed by atoms with Crippen LogP contribution in [0.3, 0.4) is 0 Å². The Kier molecular flexibility index (Phi) is 6.28. The molecule has 11 nitrogen and oxygen atoms in total. The molecule has 30 heavy (non-hydrogen) atoms. The molecule has 0 saturated carbocycles. The van der Waals surface area contributed by atoms with E-state index in [2.05, 4.69) is 10.0 Å². The van der Waals surface area contributed by atoms with Crippen molar-refractivity contribution < 1.29 is 27.7 Å². The van der Waals surface area contributed by atoms with E-state index in [1.807, 2.05) is 0 Å². The quantitative estimate of drug-likeness (QED) is 0.361. The zero-order valence-corrected chi connectivity index (χ0v) is 16.4. The first-order chi connectivity index (χ1) is 14.3. The number of non-ortho nitro benzene ring substituents is 1. The number of nitrogens with one attached hydrogen (secondary N) is 2. The molecule has 2 N–H and O–H groups in total. The molecule has 0 radical (unpaired) electrons. The molecule has 0 spiro atoms. The number of carbonyl (C=O) groups is 2. The van der Waals surface area contributed by atoms with Crippen molar-refractivity contribution in [3.63, 3.8) is 0 Å². The number of hydrogen-bond donors (Lipinski definition) is 2. The molecule has 2 amide bonds. The van der Waals surface area contributed by atoms with Gasteiger partial charge >= 0.3 is 6.09 Å². The Morgan fingerprint density at radius 1 is 1.17 bits per heavy atom. The largest absolute Gasteiger partial charge is 0.447 e. The maximum absolute atomic E-state index is 12.2. The molecular weight excluding hydrogens is 416 g/mol. The summed E-state index contributed by atoms with van der Waals surface area (Å²) in [4.78, 5) is 35.0. The van der Waals surface area contributed by atoms with E-state index in [1.54, 1.807) is 24.3 Å². The third-order valence-corrected chi connectivity index (χ3v) is 5.70. The Labute approximate surface area is 171 Å². The van der Waals surface area contributed by atoms with Crippen molar-refractivity contribution in [3.05, 3.63) is 64.2 Å². The van der Waals surface area contributed by atoms with E-state index in [0.29, 0.717) is 24.4 Å². The number of benzene rings is 2. The second-order valence-electron chi connectivity index (χ2n) is 6.22.